The molecule has 14 rings (SSSR count). The Balaban J connectivity index is 0.668. The fourth-order valence-electron chi connectivity index (χ4n) is 13.7. The van der Waals surface area contributed by atoms with Gasteiger partial charge in [-0.15, -0.1) is 0 Å². The van der Waals surface area contributed by atoms with Gasteiger partial charge in [-0.05, 0) is 12.1 Å². The molecular formula is C56H71N20O42P5. The van der Waals surface area contributed by atoms with Crippen LogP contribution in [0.3, 0.4) is 0 Å². The Morgan fingerprint density at radius 2 is 0.634 bits per heavy atom. The molecule has 0 bridgehead atoms. The Bertz CT molecular complexity index is 6070. The first-order chi connectivity index (χ1) is 57.9. The summed E-state index contributed by atoms with van der Waals surface area (Å²) in [6, 6.07) is 3.49. The number of hydrogen-bond donors (Lipinski definition) is 21. The third kappa shape index (κ3) is 19.1. The number of phosphoric ester groups is 5. The van der Waals surface area contributed by atoms with Gasteiger partial charge in [-0.2, -0.15) is 19.9 Å². The number of nitrogens with zero attached hydrogens (tertiary/aromatic N) is 12. The number of phosphoric acid groups is 5. The summed E-state index contributed by atoms with van der Waals surface area (Å²) >= 11 is 0. The van der Waals surface area contributed by atoms with Crippen LogP contribution >= 0.6 is 39.1 Å². The summed E-state index contributed by atoms with van der Waals surface area (Å²) in [5.74, 6) is -1.55. The lowest BCUT2D eigenvalue weighted by Crippen LogP contribution is -2.40. The van der Waals surface area contributed by atoms with Gasteiger partial charge in [-0.3, -0.25) is 112 Å². The van der Waals surface area contributed by atoms with Gasteiger partial charge in [0.05, 0.1) is 52.3 Å². The van der Waals surface area contributed by atoms with Gasteiger partial charge in [0.25, 0.3) is 22.2 Å². The van der Waals surface area contributed by atoms with E-state index in [4.69, 9.17) is 96.6 Å². The summed E-state index contributed by atoms with van der Waals surface area (Å²) in [7, 11) is -29.4. The fraction of sp³-hybridized carbons (Fsp3) is 0.536. The topological polar surface area (TPSA) is 907 Å². The Labute approximate surface area is 676 Å². The molecule has 0 spiro atoms. The normalized spacial score (nSPS) is 32.8. The second kappa shape index (κ2) is 35.1. The molecule has 14 heterocycles. The molecule has 8 aromatic heterocycles. The minimum Gasteiger partial charge on any atom is -0.394 e. The minimum atomic E-state index is -6.06. The van der Waals surface area contributed by atoms with Crippen molar-refractivity contribution in [3.63, 3.8) is 0 Å². The minimum absolute atomic E-state index is 0.231. The van der Waals surface area contributed by atoms with Crippen molar-refractivity contribution in [3.8, 4) is 0 Å². The van der Waals surface area contributed by atoms with Gasteiger partial charge >= 0.3 is 61.9 Å². The second-order valence-electron chi connectivity index (χ2n) is 27.3. The third-order valence-corrected chi connectivity index (χ3v) is 24.2. The van der Waals surface area contributed by atoms with Crippen LogP contribution in [-0.4, -0.2) is 292 Å². The van der Waals surface area contributed by atoms with Crippen molar-refractivity contribution in [2.45, 2.75) is 147 Å². The Kier molecular flexibility index (Phi) is 25.8. The van der Waals surface area contributed by atoms with Crippen molar-refractivity contribution < 1.29 is 162 Å². The van der Waals surface area contributed by atoms with E-state index >= 15 is 0 Å². The molecule has 0 aromatic carbocycles. The maximum atomic E-state index is 14.3. The lowest BCUT2D eigenvalue weighted by Gasteiger charge is -2.27. The predicted octanol–water partition coefficient (Wildman–Crippen LogP) is -10.4. The van der Waals surface area contributed by atoms with Gasteiger partial charge < -0.3 is 117 Å². The van der Waals surface area contributed by atoms with Crippen LogP contribution in [0.4, 0.5) is 23.5 Å². The van der Waals surface area contributed by atoms with Crippen molar-refractivity contribution >= 4 is 85.0 Å². The quantitative estimate of drug-likeness (QED) is 0.0174. The monoisotopic (exact) mass is 1850 g/mol. The summed E-state index contributed by atoms with van der Waals surface area (Å²) in [6.07, 6.45) is -45.7. The molecule has 123 heavy (non-hydrogen) atoms. The van der Waals surface area contributed by atoms with Crippen LogP contribution < -0.4 is 67.9 Å². The number of ether oxygens (including phenoxy) is 6. The first kappa shape index (κ1) is 90.3. The highest BCUT2D eigenvalue weighted by Crippen LogP contribution is 2.56. The third-order valence-electron chi connectivity index (χ3n) is 19.3. The Morgan fingerprint density at radius 3 is 0.951 bits per heavy atom. The number of H-pyrrole nitrogens is 4. The van der Waals surface area contributed by atoms with Gasteiger partial charge in [0.15, 0.2) is 59.7 Å². The molecule has 29 atom stereocenters. The van der Waals surface area contributed by atoms with E-state index in [-0.39, 0.29) is 34.1 Å². The number of imidazole rings is 2. The van der Waals surface area contributed by atoms with Crippen molar-refractivity contribution in [2.75, 3.05) is 62.6 Å². The fourth-order valence-corrected chi connectivity index (χ4v) is 18.5. The molecule has 0 amide bonds. The second-order valence-corrected chi connectivity index (χ2v) is 34.4. The molecule has 0 saturated carbocycles. The van der Waals surface area contributed by atoms with Gasteiger partial charge in [0.1, 0.15) is 122 Å². The van der Waals surface area contributed by atoms with Crippen LogP contribution in [0.1, 0.15) is 37.4 Å². The molecule has 25 N–H and O–H groups in total. The Hall–Kier alpha value is -8.99. The average Bonchev–Trinajstić information content (AvgIpc) is 1.62. The molecule has 8 aromatic rings. The SMILES string of the molecule is Nc1ccn([C@@H]2O[C@H](COP(=O)(O)O[C@H]3[C@@H](O)[C@H](n4ccc(N)nc4=O)O[C@@H]3COP(=O)(O)O[C@H]3[C@@H](O)[C@H](n4ccc(=O)[nH]c4=O)O[C@@H]3COP(=O)(O)O[C@H]3[C@@H](O)[C@H](n4ccc(=O)[nH]c4=O)O[C@@H]3COP(=O)(O)O[C@H]3[C@@H](O)[C@H](n4cnc5c(=O)[nH]c(N)nc54)O[C@@H]3CO)[C@@H](OP(=O)(O)OC[C@H]3O[C@@H](n4cnc5c(=O)[nH]c(N)nc54)[C@H](O)[C@@H]3O)[C@H]2O)c(=O)n1. The maximum Gasteiger partial charge on any atom is 0.472 e. The summed E-state index contributed by atoms with van der Waals surface area (Å²) < 4.78 is 161. The number of fused-ring (bicyclic) bond motifs is 2. The summed E-state index contributed by atoms with van der Waals surface area (Å²) in [4.78, 5) is 189. The first-order valence-corrected chi connectivity index (χ1v) is 42.7. The molecule has 5 unspecified atom stereocenters. The van der Waals surface area contributed by atoms with Crippen LogP contribution in [0.5, 0.6) is 0 Å². The van der Waals surface area contributed by atoms with Crippen molar-refractivity contribution in [1.82, 2.24) is 77.2 Å². The van der Waals surface area contributed by atoms with E-state index in [0.29, 0.717) is 24.3 Å². The number of aromatic amines is 4. The number of nitrogens with one attached hydrogen (secondary N) is 4. The summed E-state index contributed by atoms with van der Waals surface area (Å²) in [5.41, 5.74) is 12.8. The molecule has 6 aliphatic rings. The van der Waals surface area contributed by atoms with Crippen molar-refractivity contribution in [1.29, 1.82) is 0 Å². The van der Waals surface area contributed by atoms with Crippen LogP contribution in [0.15, 0.2) is 100 Å². The van der Waals surface area contributed by atoms with Crippen LogP contribution in [0.2, 0.25) is 0 Å². The van der Waals surface area contributed by atoms with Crippen LogP contribution in [-0.2, 0) is 96.5 Å². The molecular weight excluding hydrogens is 1780 g/mol. The number of hydrogen-bond acceptors (Lipinski definition) is 47. The van der Waals surface area contributed by atoms with Crippen molar-refractivity contribution in [3.05, 3.63) is 145 Å². The maximum absolute atomic E-state index is 14.3. The summed E-state index contributed by atoms with van der Waals surface area (Å²) in [5, 5.41) is 90.5. The van der Waals surface area contributed by atoms with Gasteiger partial charge in [-0.1, -0.05) is 0 Å². The molecule has 62 nitrogen and oxygen atoms in total. The number of nitrogens with two attached hydrogens (primary N) is 4. The largest absolute Gasteiger partial charge is 0.472 e. The molecule has 6 fully saturated rings. The zero-order chi connectivity index (χ0) is 88.8. The van der Waals surface area contributed by atoms with Gasteiger partial charge in [0, 0.05) is 36.9 Å². The molecule has 0 radical (unpaired) electrons. The summed E-state index contributed by atoms with van der Waals surface area (Å²) in [6.45, 7) is -7.98. The van der Waals surface area contributed by atoms with E-state index in [1.54, 1.807) is 0 Å². The molecule has 6 aliphatic heterocycles. The molecule has 0 aliphatic carbocycles. The highest BCUT2D eigenvalue weighted by Gasteiger charge is 2.58. The van der Waals surface area contributed by atoms with Crippen LogP contribution in [0, 0.1) is 0 Å². The number of nitrogen functional groups attached to an aromatic ring is 4. The number of anilines is 4. The zero-order valence-electron chi connectivity index (χ0n) is 61.4. The Morgan fingerprint density at radius 1 is 0.358 bits per heavy atom. The highest BCUT2D eigenvalue weighted by atomic mass is 31.2. The highest BCUT2D eigenvalue weighted by molar-refractivity contribution is 7.48. The first-order valence-electron chi connectivity index (χ1n) is 35.2. The van der Waals surface area contributed by atoms with E-state index < -0.39 is 283 Å². The molecule has 672 valence electrons. The number of aliphatic hydroxyl groups is 8. The van der Waals surface area contributed by atoms with Crippen LogP contribution in [0.25, 0.3) is 22.3 Å². The van der Waals surface area contributed by atoms with Crippen molar-refractivity contribution in [2.24, 2.45) is 0 Å². The zero-order valence-corrected chi connectivity index (χ0v) is 65.9. The smallest absolute Gasteiger partial charge is 0.394 e. The number of aliphatic hydroxyl groups excluding tert-OH is 8. The van der Waals surface area contributed by atoms with E-state index in [2.05, 4.69) is 39.9 Å². The lowest BCUT2D eigenvalue weighted by molar-refractivity contribution is -0.0668. The van der Waals surface area contributed by atoms with Gasteiger partial charge in [0.2, 0.25) is 11.9 Å². The van der Waals surface area contributed by atoms with E-state index in [1.165, 1.54) is 0 Å². The van der Waals surface area contributed by atoms with E-state index in [9.17, 15) is 127 Å². The molecule has 6 saturated heterocycles. The van der Waals surface area contributed by atoms with E-state index in [1.807, 2.05) is 9.97 Å². The number of rotatable bonds is 32. The predicted molar refractivity (Wildman–Crippen MR) is 389 cm³/mol. The lowest BCUT2D eigenvalue weighted by atomic mass is 10.1. The molecule has 67 heteroatoms. The standard InChI is InChI=1S/C56H71N20O42P5/c57-23-1-5-71(53(89)63-23)46-32(83)37(115-119(93,94)103-10-18-29(80)30(81)45(109-18)75-15-61-27-41(75)67-51(59)69-43(27)87)19(110-46)12-105-121(97,98)116-38-20(111-47(33(38)84)72-6-2-24(58)64-54(72)90)13-106-122(99,100)118-40-22(113-49(35(40)86)74-8-4-26(79)66-56(74)92)14-107-123(101,102)117-39-21(112-48(34(39)85)73-7-3-25(78)65-55(73)91)11-104-120(95,96)114-36-17(9-77)108-50(31(36)82)76-16-62-28-42(76)68-52(60)70-44(28)88/h1-8,15-22,29-40,45-50,77,80-86H,9-14H2,(H,93,94)(H,95,96)(H,97,98)(H,99,100)(H,101,102)(H2,57,63,89)(H2,58,64,90)(H,65,78,91)(H,66,79,92)(H3,59,67,69,87)(H3,60,68,70,88)/t17-,18-,19-,20-,21-,22-,29-,30-,31-,32-,33-,34-,35-,36-,37-,38-,39-,40-,45-,46-,47-,48-,49-,50-/m1/s1. The average molecular weight is 1850 g/mol. The van der Waals surface area contributed by atoms with Gasteiger partial charge in [-0.25, -0.2) is 52.0 Å². The van der Waals surface area contributed by atoms with E-state index in [0.717, 1.165) is 64.8 Å². The number of aromatic nitrogens is 16.